The minimum Gasteiger partial charge on any atom is -0.455 e. The Kier molecular flexibility index (Phi) is 7.63. The maximum absolute atomic E-state index is 11.7. The second kappa shape index (κ2) is 8.89. The van der Waals surface area contributed by atoms with Crippen molar-refractivity contribution in [3.05, 3.63) is 0 Å². The topological polar surface area (TPSA) is 88.1 Å². The molecule has 0 aromatic heterocycles. The van der Waals surface area contributed by atoms with Crippen LogP contribution in [0.15, 0.2) is 0 Å². The van der Waals surface area contributed by atoms with Crippen LogP contribution in [0.25, 0.3) is 0 Å². The molecule has 1 rings (SSSR count). The summed E-state index contributed by atoms with van der Waals surface area (Å²) in [5.41, 5.74) is 2.14. The van der Waals surface area contributed by atoms with E-state index >= 15 is 0 Å². The third kappa shape index (κ3) is 6.08. The molecule has 0 radical (unpaired) electrons. The fourth-order valence-corrected chi connectivity index (χ4v) is 3.66. The molecule has 1 saturated heterocycles. The van der Waals surface area contributed by atoms with E-state index in [1.165, 1.54) is 20.8 Å². The lowest BCUT2D eigenvalue weighted by Crippen LogP contribution is -2.49. The van der Waals surface area contributed by atoms with Crippen LogP contribution in [0.5, 0.6) is 0 Å². The molecule has 1 aliphatic heterocycles. The van der Waals surface area contributed by atoms with Gasteiger partial charge in [-0.3, -0.25) is 14.4 Å². The first-order chi connectivity index (χ1) is 12.3. The van der Waals surface area contributed by atoms with Gasteiger partial charge in [0.05, 0.1) is 0 Å². The quantitative estimate of drug-likeness (QED) is 0.304. The van der Waals surface area contributed by atoms with E-state index in [1.807, 2.05) is 13.8 Å². The van der Waals surface area contributed by atoms with Gasteiger partial charge in [-0.15, -0.1) is 5.54 Å². The van der Waals surface area contributed by atoms with Crippen LogP contribution in [0.3, 0.4) is 0 Å². The van der Waals surface area contributed by atoms with Crippen LogP contribution in [-0.4, -0.2) is 50.1 Å². The Labute approximate surface area is 162 Å². The van der Waals surface area contributed by atoms with Crippen molar-refractivity contribution in [2.45, 2.75) is 84.8 Å². The Hall–Kier alpha value is -1.85. The first kappa shape index (κ1) is 23.2. The van der Waals surface area contributed by atoms with E-state index in [4.69, 9.17) is 18.9 Å². The van der Waals surface area contributed by atoms with Crippen molar-refractivity contribution in [3.63, 3.8) is 0 Å². The summed E-state index contributed by atoms with van der Waals surface area (Å²) in [7, 11) is -1.75. The molecule has 1 fully saturated rings. The van der Waals surface area contributed by atoms with E-state index in [-0.39, 0.29) is 0 Å². The average molecular weight is 399 g/mol. The fraction of sp³-hybridized carbons (Fsp3) is 0.737. The van der Waals surface area contributed by atoms with Gasteiger partial charge >= 0.3 is 17.9 Å². The highest BCUT2D eigenvalue weighted by Crippen LogP contribution is 2.44. The highest BCUT2D eigenvalue weighted by Gasteiger charge is 2.59. The lowest BCUT2D eigenvalue weighted by atomic mass is 9.80. The molecule has 1 heterocycles. The zero-order chi connectivity index (χ0) is 21.0. The van der Waals surface area contributed by atoms with Crippen LogP contribution < -0.4 is 0 Å². The van der Waals surface area contributed by atoms with E-state index < -0.39 is 56.0 Å². The van der Waals surface area contributed by atoms with Crippen LogP contribution >= 0.6 is 0 Å². The van der Waals surface area contributed by atoms with Crippen molar-refractivity contribution >= 4 is 26.0 Å². The zero-order valence-corrected chi connectivity index (χ0v) is 18.4. The number of hydrogen-bond donors (Lipinski definition) is 0. The van der Waals surface area contributed by atoms with Gasteiger partial charge in [-0.2, -0.15) is 0 Å². The van der Waals surface area contributed by atoms with Gasteiger partial charge in [0.2, 0.25) is 6.29 Å². The van der Waals surface area contributed by atoms with Crippen molar-refractivity contribution < 1.29 is 33.3 Å². The predicted molar refractivity (Wildman–Crippen MR) is 101 cm³/mol. The Bertz CT molecular complexity index is 643. The second-order valence-corrected chi connectivity index (χ2v) is 12.5. The normalized spacial score (nSPS) is 28.5. The van der Waals surface area contributed by atoms with Crippen LogP contribution in [0.2, 0.25) is 19.6 Å². The maximum Gasteiger partial charge on any atom is 0.305 e. The molecule has 0 spiro atoms. The Balaban J connectivity index is 3.39. The molecule has 0 aliphatic carbocycles. The van der Waals surface area contributed by atoms with E-state index in [9.17, 15) is 14.4 Å². The van der Waals surface area contributed by atoms with Crippen LogP contribution in [0.1, 0.15) is 41.0 Å². The van der Waals surface area contributed by atoms with Crippen LogP contribution in [0.4, 0.5) is 0 Å². The summed E-state index contributed by atoms with van der Waals surface area (Å²) in [5, 5.41) is 0. The lowest BCUT2D eigenvalue weighted by Gasteiger charge is -2.36. The molecule has 7 nitrogen and oxygen atoms in total. The lowest BCUT2D eigenvalue weighted by molar-refractivity contribution is -0.217. The molecule has 0 aromatic rings. The highest BCUT2D eigenvalue weighted by atomic mass is 28.3. The van der Waals surface area contributed by atoms with E-state index in [0.717, 1.165) is 0 Å². The number of ether oxygens (including phenoxy) is 4. The summed E-state index contributed by atoms with van der Waals surface area (Å²) in [6.45, 7) is 13.7. The highest BCUT2D eigenvalue weighted by molar-refractivity contribution is 6.83. The summed E-state index contributed by atoms with van der Waals surface area (Å²) < 4.78 is 22.2. The van der Waals surface area contributed by atoms with E-state index in [2.05, 4.69) is 31.1 Å². The molecular weight excluding hydrogens is 368 g/mol. The molecule has 0 aromatic carbocycles. The standard InChI is InChI=1S/C19H30O7Si/c1-9-19(16(23-13(3)20)10-11-27(6,7)8)12(2)17(24-14(4)21)18(26-19)25-15(5)22/h12,16-18H,9H2,1-8H3/t12-,16?,17-,18?,19+/m1/s1. The molecule has 0 saturated carbocycles. The summed E-state index contributed by atoms with van der Waals surface area (Å²) in [4.78, 5) is 34.8. The van der Waals surface area contributed by atoms with Crippen molar-refractivity contribution in [2.75, 3.05) is 0 Å². The van der Waals surface area contributed by atoms with Crippen LogP contribution in [0, 0.1) is 17.4 Å². The largest absolute Gasteiger partial charge is 0.455 e. The summed E-state index contributed by atoms with van der Waals surface area (Å²) in [6, 6.07) is 0. The SMILES string of the molecule is CC[C@]1(C(C#C[Si](C)(C)C)OC(C)=O)OC(OC(C)=O)[C@H](OC(C)=O)[C@H]1C. The number of esters is 3. The summed E-state index contributed by atoms with van der Waals surface area (Å²) >= 11 is 0. The molecule has 2 unspecified atom stereocenters. The number of rotatable bonds is 5. The molecule has 0 bridgehead atoms. The van der Waals surface area contributed by atoms with Crippen molar-refractivity contribution in [1.82, 2.24) is 0 Å². The molecule has 27 heavy (non-hydrogen) atoms. The summed E-state index contributed by atoms with van der Waals surface area (Å²) in [6.07, 6.45) is -2.37. The maximum atomic E-state index is 11.7. The smallest absolute Gasteiger partial charge is 0.305 e. The zero-order valence-electron chi connectivity index (χ0n) is 17.4. The Morgan fingerprint density at radius 1 is 1.07 bits per heavy atom. The predicted octanol–water partition coefficient (Wildman–Crippen LogP) is 2.43. The van der Waals surface area contributed by atoms with E-state index in [1.54, 1.807) is 0 Å². The van der Waals surface area contributed by atoms with Gasteiger partial charge in [-0.1, -0.05) is 39.4 Å². The minimum absolute atomic E-state index is 0.419. The van der Waals surface area contributed by atoms with Gasteiger partial charge in [0.1, 0.15) is 13.7 Å². The Morgan fingerprint density at radius 3 is 2.04 bits per heavy atom. The molecule has 152 valence electrons. The first-order valence-corrected chi connectivity index (χ1v) is 12.5. The minimum atomic E-state index is -1.75. The van der Waals surface area contributed by atoms with Gasteiger partial charge in [0.15, 0.2) is 12.2 Å². The van der Waals surface area contributed by atoms with Gasteiger partial charge in [-0.25, -0.2) is 0 Å². The second-order valence-electron chi connectivity index (χ2n) is 7.78. The van der Waals surface area contributed by atoms with Crippen LogP contribution in [-0.2, 0) is 33.3 Å². The summed E-state index contributed by atoms with van der Waals surface area (Å²) in [5.74, 6) is 1.07. The third-order valence-corrected chi connectivity index (χ3v) is 5.20. The van der Waals surface area contributed by atoms with Crippen molar-refractivity contribution in [1.29, 1.82) is 0 Å². The molecule has 8 heteroatoms. The molecule has 5 atom stereocenters. The first-order valence-electron chi connectivity index (χ1n) is 9.04. The van der Waals surface area contributed by atoms with Crippen molar-refractivity contribution in [3.8, 4) is 11.5 Å². The molecule has 0 N–H and O–H groups in total. The van der Waals surface area contributed by atoms with Crippen molar-refractivity contribution in [2.24, 2.45) is 5.92 Å². The van der Waals surface area contributed by atoms with Gasteiger partial charge in [0.25, 0.3) is 0 Å². The van der Waals surface area contributed by atoms with Gasteiger partial charge in [0, 0.05) is 26.7 Å². The molecule has 0 amide bonds. The third-order valence-electron chi connectivity index (χ3n) is 4.31. The Morgan fingerprint density at radius 2 is 1.63 bits per heavy atom. The number of carbonyl (C=O) groups is 3. The fourth-order valence-electron chi connectivity index (χ4n) is 3.10. The molecule has 1 aliphatic rings. The number of hydrogen-bond acceptors (Lipinski definition) is 7. The molecular formula is C19H30O7Si. The van der Waals surface area contributed by atoms with Gasteiger partial charge < -0.3 is 18.9 Å². The average Bonchev–Trinajstić information content (AvgIpc) is 2.75. The van der Waals surface area contributed by atoms with Gasteiger partial charge in [-0.05, 0) is 6.42 Å². The number of carbonyl (C=O) groups excluding carboxylic acids is 3. The van der Waals surface area contributed by atoms with E-state index in [0.29, 0.717) is 6.42 Å². The monoisotopic (exact) mass is 398 g/mol.